The molecule has 1 atom stereocenters. The number of fused-ring (bicyclic) bond motifs is 1. The first-order chi connectivity index (χ1) is 16.4. The predicted octanol–water partition coefficient (Wildman–Crippen LogP) is 1.79. The topological polar surface area (TPSA) is 114 Å². The first-order valence-electron chi connectivity index (χ1n) is 11.6. The summed E-state index contributed by atoms with van der Waals surface area (Å²) >= 11 is 0. The lowest BCUT2D eigenvalue weighted by Crippen LogP contribution is -2.39. The van der Waals surface area contributed by atoms with Crippen LogP contribution in [-0.4, -0.2) is 69.7 Å². The summed E-state index contributed by atoms with van der Waals surface area (Å²) in [5, 5.41) is 15.1. The molecule has 10 heteroatoms. The van der Waals surface area contributed by atoms with Gasteiger partial charge in [-0.15, -0.1) is 0 Å². The van der Waals surface area contributed by atoms with E-state index in [2.05, 4.69) is 37.4 Å². The van der Waals surface area contributed by atoms with Crippen LogP contribution in [0.5, 0.6) is 0 Å². The normalized spacial score (nSPS) is 18.7. The Labute approximate surface area is 200 Å². The van der Waals surface area contributed by atoms with Crippen molar-refractivity contribution in [3.05, 3.63) is 59.8 Å². The Morgan fingerprint density at radius 1 is 1.00 bits per heavy atom. The molecule has 0 spiro atoms. The molecule has 5 rings (SSSR count). The molecule has 0 radical (unpaired) electrons. The molecule has 0 unspecified atom stereocenters. The average Bonchev–Trinajstić information content (AvgIpc) is 3.30. The van der Waals surface area contributed by atoms with Crippen molar-refractivity contribution in [2.24, 2.45) is 0 Å². The minimum atomic E-state index is -3.89. The second kappa shape index (κ2) is 11.1. The van der Waals surface area contributed by atoms with Gasteiger partial charge in [-0.25, -0.2) is 9.48 Å². The number of rotatable bonds is 4. The fraction of sp³-hybridized carbons (Fsp3) is 0.417. The zero-order valence-corrected chi connectivity index (χ0v) is 20.1. The second-order valence-electron chi connectivity index (χ2n) is 8.53. The smallest absolute Gasteiger partial charge is 0.341 e. The molecular formula is C24H31N5O4S. The summed E-state index contributed by atoms with van der Waals surface area (Å²) in [6.45, 7) is 6.63. The third kappa shape index (κ3) is 6.41. The Kier molecular flexibility index (Phi) is 7.94. The van der Waals surface area contributed by atoms with Gasteiger partial charge in [0.2, 0.25) is 0 Å². The van der Waals surface area contributed by atoms with Crippen molar-refractivity contribution >= 4 is 27.0 Å². The number of hydrogen-bond acceptors (Lipinski definition) is 8. The van der Waals surface area contributed by atoms with Gasteiger partial charge in [-0.2, -0.15) is 13.5 Å². The largest absolute Gasteiger partial charge is 0.356 e. The lowest BCUT2D eigenvalue weighted by atomic mass is 9.92. The summed E-state index contributed by atoms with van der Waals surface area (Å²) in [6, 6.07) is 13.2. The van der Waals surface area contributed by atoms with Crippen LogP contribution in [-0.2, 0) is 14.3 Å². The van der Waals surface area contributed by atoms with E-state index in [1.165, 1.54) is 24.5 Å². The van der Waals surface area contributed by atoms with Crippen LogP contribution in [0.2, 0.25) is 0 Å². The number of piperidine rings is 1. The lowest BCUT2D eigenvalue weighted by Gasteiger charge is -2.23. The third-order valence-corrected chi connectivity index (χ3v) is 6.32. The molecule has 182 valence electrons. The van der Waals surface area contributed by atoms with E-state index in [4.69, 9.17) is 0 Å². The highest BCUT2D eigenvalue weighted by Crippen LogP contribution is 2.25. The van der Waals surface area contributed by atoms with E-state index in [0.29, 0.717) is 11.4 Å². The molecule has 3 N–H and O–H groups in total. The molecule has 2 aliphatic heterocycles. The molecule has 34 heavy (non-hydrogen) atoms. The van der Waals surface area contributed by atoms with E-state index in [1.807, 2.05) is 24.4 Å². The van der Waals surface area contributed by atoms with E-state index in [9.17, 15) is 13.2 Å². The van der Waals surface area contributed by atoms with Gasteiger partial charge in [0.1, 0.15) is 5.52 Å². The summed E-state index contributed by atoms with van der Waals surface area (Å²) in [7, 11) is -3.89. The van der Waals surface area contributed by atoms with Crippen LogP contribution in [0.3, 0.4) is 0 Å². The number of hydrogen-bond donors (Lipinski definition) is 3. The van der Waals surface area contributed by atoms with Crippen molar-refractivity contribution in [2.75, 3.05) is 45.5 Å². The number of carbonyl (C=O) groups is 1. The average molecular weight is 486 g/mol. The molecular weight excluding hydrogens is 454 g/mol. The van der Waals surface area contributed by atoms with Gasteiger partial charge in [-0.3, -0.25) is 0 Å². The van der Waals surface area contributed by atoms with E-state index in [1.54, 1.807) is 10.7 Å². The van der Waals surface area contributed by atoms with Crippen LogP contribution in [0.25, 0.3) is 16.6 Å². The maximum absolute atomic E-state index is 12.2. The molecule has 1 aromatic heterocycles. The van der Waals surface area contributed by atoms with Crippen LogP contribution in [0.4, 0.5) is 0 Å². The van der Waals surface area contributed by atoms with Crippen molar-refractivity contribution < 1.29 is 17.4 Å². The molecule has 3 aromatic rings. The number of nitrogens with zero attached hydrogens (tertiary/aromatic N) is 2. The second-order valence-corrected chi connectivity index (χ2v) is 10.1. The van der Waals surface area contributed by atoms with Gasteiger partial charge in [-0.1, -0.05) is 24.3 Å². The van der Waals surface area contributed by atoms with Crippen LogP contribution >= 0.6 is 0 Å². The van der Waals surface area contributed by atoms with Crippen molar-refractivity contribution in [1.82, 2.24) is 25.7 Å². The lowest BCUT2D eigenvalue weighted by molar-refractivity contribution is 0.0750. The first kappa shape index (κ1) is 24.3. The number of nitrogens with one attached hydrogen (secondary N) is 3. The van der Waals surface area contributed by atoms with Crippen LogP contribution in [0, 0.1) is 0 Å². The Morgan fingerprint density at radius 3 is 2.29 bits per heavy atom. The zero-order chi connectivity index (χ0) is 24.0. The van der Waals surface area contributed by atoms with Gasteiger partial charge in [-0.05, 0) is 49.1 Å². The summed E-state index contributed by atoms with van der Waals surface area (Å²) in [6.07, 6.45) is 5.02. The van der Waals surface area contributed by atoms with E-state index in [-0.39, 0.29) is 5.56 Å². The number of benzene rings is 2. The van der Waals surface area contributed by atoms with Crippen molar-refractivity contribution in [1.29, 1.82) is 0 Å². The standard InChI is InChI=1S/C20H21N3O4S.C4H10N2/c1-28(25,26)27-20(24)18-6-2-4-16-13-23(22-19(16)18)17-9-7-14(8-10-17)15-5-3-11-21-12-15;1-2-6-4-3-5-1/h2,4,6-10,13,15,21H,3,5,11-12H2,1H3;5-6H,1-4H2/t15-;/m1./s1. The molecule has 2 fully saturated rings. The highest BCUT2D eigenvalue weighted by atomic mass is 32.2. The van der Waals surface area contributed by atoms with Crippen LogP contribution in [0.1, 0.15) is 34.7 Å². The van der Waals surface area contributed by atoms with Gasteiger partial charge < -0.3 is 20.1 Å². The summed E-state index contributed by atoms with van der Waals surface area (Å²) in [4.78, 5) is 12.2. The molecule has 0 amide bonds. The fourth-order valence-electron chi connectivity index (χ4n) is 4.16. The van der Waals surface area contributed by atoms with Crippen LogP contribution < -0.4 is 16.0 Å². The van der Waals surface area contributed by atoms with Gasteiger partial charge in [0.25, 0.3) is 0 Å². The Bertz CT molecular complexity index is 1200. The molecule has 2 saturated heterocycles. The number of carbonyl (C=O) groups excluding carboxylic acids is 1. The number of aromatic nitrogens is 2. The first-order valence-corrected chi connectivity index (χ1v) is 13.4. The highest BCUT2D eigenvalue weighted by molar-refractivity contribution is 7.86. The Hall–Kier alpha value is -2.79. The minimum Gasteiger partial charge on any atom is -0.341 e. The summed E-state index contributed by atoms with van der Waals surface area (Å²) in [5.41, 5.74) is 2.68. The zero-order valence-electron chi connectivity index (χ0n) is 19.3. The Morgan fingerprint density at radius 2 is 1.71 bits per heavy atom. The molecule has 0 aliphatic carbocycles. The van der Waals surface area contributed by atoms with Gasteiger partial charge in [0.15, 0.2) is 0 Å². The van der Waals surface area contributed by atoms with Gasteiger partial charge in [0.05, 0.1) is 17.5 Å². The maximum atomic E-state index is 12.2. The highest BCUT2D eigenvalue weighted by Gasteiger charge is 2.19. The number of piperazine rings is 1. The quantitative estimate of drug-likeness (QED) is 0.479. The molecule has 2 aliphatic rings. The van der Waals surface area contributed by atoms with E-state index >= 15 is 0 Å². The van der Waals surface area contributed by atoms with Crippen molar-refractivity contribution in [2.45, 2.75) is 18.8 Å². The summed E-state index contributed by atoms with van der Waals surface area (Å²) < 4.78 is 28.7. The molecule has 0 bridgehead atoms. The third-order valence-electron chi connectivity index (χ3n) is 5.87. The monoisotopic (exact) mass is 485 g/mol. The SMILES string of the molecule is C1CNCCN1.CS(=O)(=O)OC(=O)c1cccc2cn(-c3ccc([C@@H]4CCCNC4)cc3)nc12. The van der Waals surface area contributed by atoms with E-state index < -0.39 is 16.1 Å². The molecule has 0 saturated carbocycles. The predicted molar refractivity (Wildman–Crippen MR) is 132 cm³/mol. The van der Waals surface area contributed by atoms with Gasteiger partial charge in [0, 0.05) is 44.3 Å². The fourth-order valence-corrected chi connectivity index (χ4v) is 4.53. The Balaban J connectivity index is 0.000000398. The molecule has 2 aromatic carbocycles. The molecule has 3 heterocycles. The molecule has 9 nitrogen and oxygen atoms in total. The maximum Gasteiger partial charge on any atom is 0.356 e. The van der Waals surface area contributed by atoms with Crippen molar-refractivity contribution in [3.63, 3.8) is 0 Å². The van der Waals surface area contributed by atoms with Crippen molar-refractivity contribution in [3.8, 4) is 5.69 Å². The van der Waals surface area contributed by atoms with Gasteiger partial charge >= 0.3 is 16.1 Å². The minimum absolute atomic E-state index is 0.117. The van der Waals surface area contributed by atoms with Crippen LogP contribution in [0.15, 0.2) is 48.7 Å². The van der Waals surface area contributed by atoms with E-state index in [0.717, 1.165) is 56.6 Å². The summed E-state index contributed by atoms with van der Waals surface area (Å²) in [5.74, 6) is -0.407.